The van der Waals surface area contributed by atoms with E-state index in [1.165, 1.54) is 18.2 Å². The van der Waals surface area contributed by atoms with E-state index in [1.807, 2.05) is 0 Å². The molecule has 2 rings (SSSR count). The second-order valence-corrected chi connectivity index (χ2v) is 5.63. The van der Waals surface area contributed by atoms with E-state index >= 15 is 0 Å². The van der Waals surface area contributed by atoms with Crippen molar-refractivity contribution in [2.24, 2.45) is 0 Å². The minimum absolute atomic E-state index is 0.148. The number of rotatable bonds is 4. The molecule has 0 amide bonds. The SMILES string of the molecule is CCNC(c1cc(C)ccc1F)c1c(F)ccc(Br)c1F. The molecule has 2 aromatic carbocycles. The molecule has 5 heteroatoms. The Morgan fingerprint density at radius 2 is 1.76 bits per heavy atom. The molecule has 0 heterocycles. The highest BCUT2D eigenvalue weighted by molar-refractivity contribution is 9.10. The van der Waals surface area contributed by atoms with Gasteiger partial charge in [-0.2, -0.15) is 0 Å². The van der Waals surface area contributed by atoms with Crippen LogP contribution < -0.4 is 5.32 Å². The lowest BCUT2D eigenvalue weighted by atomic mass is 9.95. The zero-order chi connectivity index (χ0) is 15.6. The monoisotopic (exact) mass is 357 g/mol. The van der Waals surface area contributed by atoms with Gasteiger partial charge in [0.2, 0.25) is 0 Å². The molecular formula is C16H15BrF3N. The first-order valence-corrected chi connectivity index (χ1v) is 7.37. The van der Waals surface area contributed by atoms with Crippen LogP contribution in [0.25, 0.3) is 0 Å². The van der Waals surface area contributed by atoms with Crippen LogP contribution in [0, 0.1) is 24.4 Å². The van der Waals surface area contributed by atoms with Crippen molar-refractivity contribution >= 4 is 15.9 Å². The van der Waals surface area contributed by atoms with E-state index in [0.717, 1.165) is 5.56 Å². The number of hydrogen-bond acceptors (Lipinski definition) is 1. The molecule has 0 bridgehead atoms. The van der Waals surface area contributed by atoms with E-state index in [9.17, 15) is 13.2 Å². The van der Waals surface area contributed by atoms with Crippen LogP contribution in [0.3, 0.4) is 0 Å². The number of nitrogens with one attached hydrogen (secondary N) is 1. The van der Waals surface area contributed by atoms with Crippen LogP contribution in [0.5, 0.6) is 0 Å². The molecule has 1 nitrogen and oxygen atoms in total. The summed E-state index contributed by atoms with van der Waals surface area (Å²) in [6.07, 6.45) is 0. The Bertz CT molecular complexity index is 658. The smallest absolute Gasteiger partial charge is 0.145 e. The fraction of sp³-hybridized carbons (Fsp3) is 0.250. The fourth-order valence-corrected chi connectivity index (χ4v) is 2.61. The summed E-state index contributed by atoms with van der Waals surface area (Å²) in [7, 11) is 0. The van der Waals surface area contributed by atoms with Crippen LogP contribution in [-0.2, 0) is 0 Å². The van der Waals surface area contributed by atoms with Gasteiger partial charge in [0.1, 0.15) is 17.5 Å². The van der Waals surface area contributed by atoms with Crippen molar-refractivity contribution in [1.82, 2.24) is 5.32 Å². The van der Waals surface area contributed by atoms with Crippen LogP contribution in [0.4, 0.5) is 13.2 Å². The molecule has 0 aromatic heterocycles. The fourth-order valence-electron chi connectivity index (χ4n) is 2.26. The Morgan fingerprint density at radius 1 is 1.10 bits per heavy atom. The minimum atomic E-state index is -0.882. The van der Waals surface area contributed by atoms with Gasteiger partial charge in [0.05, 0.1) is 10.5 Å². The minimum Gasteiger partial charge on any atom is -0.306 e. The van der Waals surface area contributed by atoms with Crippen molar-refractivity contribution in [2.45, 2.75) is 19.9 Å². The van der Waals surface area contributed by atoms with Crippen molar-refractivity contribution in [1.29, 1.82) is 0 Å². The van der Waals surface area contributed by atoms with Gasteiger partial charge >= 0.3 is 0 Å². The molecule has 0 fully saturated rings. The number of benzene rings is 2. The molecule has 0 aliphatic heterocycles. The van der Waals surface area contributed by atoms with Crippen LogP contribution in [0.1, 0.15) is 29.7 Å². The van der Waals surface area contributed by atoms with Crippen LogP contribution >= 0.6 is 15.9 Å². The average Bonchev–Trinajstić information content (AvgIpc) is 2.45. The molecule has 0 saturated carbocycles. The summed E-state index contributed by atoms with van der Waals surface area (Å²) in [5, 5.41) is 2.95. The maximum atomic E-state index is 14.3. The zero-order valence-electron chi connectivity index (χ0n) is 11.7. The summed E-state index contributed by atoms with van der Waals surface area (Å²) in [5.74, 6) is -1.92. The summed E-state index contributed by atoms with van der Waals surface area (Å²) in [4.78, 5) is 0. The van der Waals surface area contributed by atoms with E-state index in [-0.39, 0.29) is 15.6 Å². The van der Waals surface area contributed by atoms with Crippen molar-refractivity contribution < 1.29 is 13.2 Å². The Morgan fingerprint density at radius 3 is 2.43 bits per heavy atom. The summed E-state index contributed by atoms with van der Waals surface area (Å²) >= 11 is 3.04. The largest absolute Gasteiger partial charge is 0.306 e. The number of hydrogen-bond donors (Lipinski definition) is 1. The normalized spacial score (nSPS) is 12.5. The Labute approximate surface area is 130 Å². The average molecular weight is 358 g/mol. The summed E-state index contributed by atoms with van der Waals surface area (Å²) in [5.41, 5.74) is 0.869. The van der Waals surface area contributed by atoms with Crippen molar-refractivity contribution in [3.63, 3.8) is 0 Å². The number of halogens is 4. The van der Waals surface area contributed by atoms with Crippen molar-refractivity contribution in [3.8, 4) is 0 Å². The molecule has 0 aliphatic rings. The molecule has 1 unspecified atom stereocenters. The van der Waals surface area contributed by atoms with Gasteiger partial charge in [0, 0.05) is 11.1 Å². The van der Waals surface area contributed by atoms with Gasteiger partial charge in [-0.1, -0.05) is 24.6 Å². The standard InChI is InChI=1S/C16H15BrF3N/c1-3-21-16(10-8-9(2)4-6-12(10)18)14-13(19)7-5-11(17)15(14)20/h4-8,16,21H,3H2,1-2H3. The predicted octanol–water partition coefficient (Wildman–Crippen LogP) is 4.87. The molecule has 21 heavy (non-hydrogen) atoms. The third kappa shape index (κ3) is 3.30. The van der Waals surface area contributed by atoms with Gasteiger partial charge in [-0.05, 0) is 47.6 Å². The Kier molecular flexibility index (Phi) is 5.06. The predicted molar refractivity (Wildman–Crippen MR) is 80.7 cm³/mol. The van der Waals surface area contributed by atoms with E-state index in [4.69, 9.17) is 0 Å². The molecule has 0 radical (unpaired) electrons. The van der Waals surface area contributed by atoms with Gasteiger partial charge in [-0.25, -0.2) is 13.2 Å². The van der Waals surface area contributed by atoms with Crippen LogP contribution in [0.2, 0.25) is 0 Å². The first-order valence-electron chi connectivity index (χ1n) is 6.58. The van der Waals surface area contributed by atoms with E-state index < -0.39 is 23.5 Å². The van der Waals surface area contributed by atoms with Gasteiger partial charge in [-0.3, -0.25) is 0 Å². The highest BCUT2D eigenvalue weighted by atomic mass is 79.9. The van der Waals surface area contributed by atoms with Gasteiger partial charge < -0.3 is 5.32 Å². The second-order valence-electron chi connectivity index (χ2n) is 4.77. The molecule has 0 spiro atoms. The lowest BCUT2D eigenvalue weighted by molar-refractivity contribution is 0.493. The van der Waals surface area contributed by atoms with Crippen molar-refractivity contribution in [2.75, 3.05) is 6.54 Å². The molecule has 2 aromatic rings. The first kappa shape index (κ1) is 16.0. The highest BCUT2D eigenvalue weighted by Gasteiger charge is 2.25. The lowest BCUT2D eigenvalue weighted by Crippen LogP contribution is -2.25. The van der Waals surface area contributed by atoms with Crippen molar-refractivity contribution in [3.05, 3.63) is 68.9 Å². The molecule has 1 N–H and O–H groups in total. The summed E-state index contributed by atoms with van der Waals surface area (Å²) in [6.45, 7) is 4.05. The van der Waals surface area contributed by atoms with Gasteiger partial charge in [-0.15, -0.1) is 0 Å². The summed E-state index contributed by atoms with van der Waals surface area (Å²) in [6, 6.07) is 6.11. The lowest BCUT2D eigenvalue weighted by Gasteiger charge is -2.21. The third-order valence-electron chi connectivity index (χ3n) is 3.24. The van der Waals surface area contributed by atoms with Crippen LogP contribution in [0.15, 0.2) is 34.8 Å². The maximum Gasteiger partial charge on any atom is 0.145 e. The third-order valence-corrected chi connectivity index (χ3v) is 3.85. The Hall–Kier alpha value is -1.33. The molecule has 1 atom stereocenters. The Balaban J connectivity index is 2.64. The van der Waals surface area contributed by atoms with Crippen LogP contribution in [-0.4, -0.2) is 6.54 Å². The maximum absolute atomic E-state index is 14.3. The quantitative estimate of drug-likeness (QED) is 0.769. The molecule has 112 valence electrons. The number of aryl methyl sites for hydroxylation is 1. The molecule has 0 saturated heterocycles. The first-order chi connectivity index (χ1) is 9.95. The molecule has 0 aliphatic carbocycles. The zero-order valence-corrected chi connectivity index (χ0v) is 13.3. The van der Waals surface area contributed by atoms with E-state index in [1.54, 1.807) is 26.0 Å². The van der Waals surface area contributed by atoms with Gasteiger partial charge in [0.25, 0.3) is 0 Å². The van der Waals surface area contributed by atoms with E-state index in [2.05, 4.69) is 21.2 Å². The second kappa shape index (κ2) is 6.62. The summed E-state index contributed by atoms with van der Waals surface area (Å²) < 4.78 is 42.6. The topological polar surface area (TPSA) is 12.0 Å². The van der Waals surface area contributed by atoms with E-state index in [0.29, 0.717) is 6.54 Å². The van der Waals surface area contributed by atoms with Gasteiger partial charge in [0.15, 0.2) is 0 Å². The highest BCUT2D eigenvalue weighted by Crippen LogP contribution is 2.32. The molecular weight excluding hydrogens is 343 g/mol.